The predicted octanol–water partition coefficient (Wildman–Crippen LogP) is 4.36. The minimum absolute atomic E-state index is 0.371. The molecule has 126 valence electrons. The highest BCUT2D eigenvalue weighted by Crippen LogP contribution is 2.21. The Morgan fingerprint density at radius 3 is 2.40 bits per heavy atom. The van der Waals surface area contributed by atoms with Crippen LogP contribution >= 0.6 is 0 Å². The summed E-state index contributed by atoms with van der Waals surface area (Å²) in [6, 6.07) is 15.5. The number of urea groups is 1. The van der Waals surface area contributed by atoms with E-state index in [9.17, 15) is 9.18 Å². The summed E-state index contributed by atoms with van der Waals surface area (Å²) in [5.41, 5.74) is 1.74. The van der Waals surface area contributed by atoms with Crippen molar-refractivity contribution in [3.8, 4) is 11.6 Å². The average Bonchev–Trinajstić information content (AvgIpc) is 2.59. The molecule has 0 aliphatic carbocycles. The molecule has 0 saturated carbocycles. The van der Waals surface area contributed by atoms with Crippen LogP contribution in [0.1, 0.15) is 5.69 Å². The topological polar surface area (TPSA) is 76.1 Å². The highest BCUT2D eigenvalue weighted by molar-refractivity contribution is 5.99. The molecule has 0 unspecified atom stereocenters. The van der Waals surface area contributed by atoms with E-state index in [1.54, 1.807) is 42.5 Å². The van der Waals surface area contributed by atoms with Gasteiger partial charge in [0.05, 0.1) is 5.69 Å². The van der Waals surface area contributed by atoms with Gasteiger partial charge in [0.2, 0.25) is 5.88 Å². The van der Waals surface area contributed by atoms with Crippen LogP contribution in [0.25, 0.3) is 0 Å². The maximum atomic E-state index is 13.1. The molecule has 3 aromatic rings. The van der Waals surface area contributed by atoms with Gasteiger partial charge < -0.3 is 15.4 Å². The van der Waals surface area contributed by atoms with E-state index in [2.05, 4.69) is 20.8 Å². The molecule has 6 nitrogen and oxygen atoms in total. The number of benzene rings is 2. The zero-order valence-corrected chi connectivity index (χ0v) is 13.4. The van der Waals surface area contributed by atoms with Crippen LogP contribution in [0.5, 0.6) is 11.6 Å². The first-order chi connectivity index (χ1) is 12.1. The summed E-state index contributed by atoms with van der Waals surface area (Å²) in [6.07, 6.45) is 0. The van der Waals surface area contributed by atoms with Crippen molar-refractivity contribution >= 4 is 17.4 Å². The van der Waals surface area contributed by atoms with Gasteiger partial charge >= 0.3 is 6.03 Å². The molecule has 0 aliphatic heterocycles. The fourth-order valence-corrected chi connectivity index (χ4v) is 2.03. The Hall–Kier alpha value is -3.48. The number of anilines is 2. The number of hydrogen-bond acceptors (Lipinski definition) is 4. The third-order valence-corrected chi connectivity index (χ3v) is 3.19. The first-order valence-corrected chi connectivity index (χ1v) is 7.50. The third kappa shape index (κ3) is 4.74. The van der Waals surface area contributed by atoms with Gasteiger partial charge in [-0.05, 0) is 55.5 Å². The largest absolute Gasteiger partial charge is 0.438 e. The van der Waals surface area contributed by atoms with Crippen LogP contribution < -0.4 is 15.4 Å². The number of nitrogens with zero attached hydrogens (tertiary/aromatic N) is 2. The predicted molar refractivity (Wildman–Crippen MR) is 92.3 cm³/mol. The van der Waals surface area contributed by atoms with E-state index in [0.717, 1.165) is 5.69 Å². The monoisotopic (exact) mass is 338 g/mol. The van der Waals surface area contributed by atoms with Crippen LogP contribution in [0.3, 0.4) is 0 Å². The fraction of sp³-hybridized carbons (Fsp3) is 0.0556. The van der Waals surface area contributed by atoms with Gasteiger partial charge in [0.15, 0.2) is 0 Å². The van der Waals surface area contributed by atoms with Crippen molar-refractivity contribution in [3.63, 3.8) is 0 Å². The van der Waals surface area contributed by atoms with Crippen molar-refractivity contribution in [2.45, 2.75) is 6.92 Å². The molecule has 2 amide bonds. The molecule has 0 aliphatic rings. The zero-order valence-electron chi connectivity index (χ0n) is 13.4. The minimum Gasteiger partial charge on any atom is -0.438 e. The molecule has 0 atom stereocenters. The number of carbonyl (C=O) groups is 1. The summed E-state index contributed by atoms with van der Waals surface area (Å²) in [6.45, 7) is 1.84. The number of rotatable bonds is 4. The maximum absolute atomic E-state index is 13.1. The van der Waals surface area contributed by atoms with Gasteiger partial charge in [0.1, 0.15) is 11.6 Å². The molecular formula is C18H15FN4O2. The van der Waals surface area contributed by atoms with Crippen molar-refractivity contribution in [1.29, 1.82) is 0 Å². The maximum Gasteiger partial charge on any atom is 0.323 e. The third-order valence-electron chi connectivity index (χ3n) is 3.19. The lowest BCUT2D eigenvalue weighted by molar-refractivity contribution is 0.262. The van der Waals surface area contributed by atoms with Crippen molar-refractivity contribution in [2.24, 2.45) is 0 Å². The molecule has 0 spiro atoms. The second-order valence-corrected chi connectivity index (χ2v) is 5.23. The molecule has 7 heteroatoms. The molecule has 2 aromatic carbocycles. The van der Waals surface area contributed by atoms with Gasteiger partial charge in [-0.2, -0.15) is 5.10 Å². The lowest BCUT2D eigenvalue weighted by Gasteiger charge is -2.09. The standard InChI is InChI=1S/C18H15FN4O2/c1-12-5-10-17(23-22-12)25-16-8-6-14(7-9-16)20-18(24)21-15-4-2-3-13(19)11-15/h2-11H,1H3,(H2,20,21,24). The van der Waals surface area contributed by atoms with Crippen LogP contribution in [0, 0.1) is 12.7 Å². The molecule has 25 heavy (non-hydrogen) atoms. The Kier molecular flexibility index (Phi) is 4.84. The van der Waals surface area contributed by atoms with Crippen molar-refractivity contribution in [3.05, 3.63) is 72.2 Å². The molecule has 0 saturated heterocycles. The summed E-state index contributed by atoms with van der Waals surface area (Å²) in [5, 5.41) is 13.0. The van der Waals surface area contributed by atoms with Crippen molar-refractivity contribution in [2.75, 3.05) is 10.6 Å². The summed E-state index contributed by atoms with van der Waals surface area (Å²) < 4.78 is 18.7. The smallest absolute Gasteiger partial charge is 0.323 e. The molecular weight excluding hydrogens is 323 g/mol. The van der Waals surface area contributed by atoms with E-state index in [-0.39, 0.29) is 0 Å². The Bertz CT molecular complexity index is 867. The number of hydrogen-bond donors (Lipinski definition) is 2. The summed E-state index contributed by atoms with van der Waals surface area (Å²) in [5.74, 6) is 0.530. The second-order valence-electron chi connectivity index (χ2n) is 5.23. The van der Waals surface area contributed by atoms with Gasteiger partial charge in [-0.1, -0.05) is 6.07 Å². The first kappa shape index (κ1) is 16.4. The van der Waals surface area contributed by atoms with Crippen LogP contribution in [-0.4, -0.2) is 16.2 Å². The van der Waals surface area contributed by atoms with Crippen LogP contribution in [-0.2, 0) is 0 Å². The van der Waals surface area contributed by atoms with E-state index in [4.69, 9.17) is 4.74 Å². The fourth-order valence-electron chi connectivity index (χ4n) is 2.03. The van der Waals surface area contributed by atoms with Crippen LogP contribution in [0.2, 0.25) is 0 Å². The summed E-state index contributed by atoms with van der Waals surface area (Å²) in [4.78, 5) is 11.9. The molecule has 0 bridgehead atoms. The quantitative estimate of drug-likeness (QED) is 0.741. The minimum atomic E-state index is -0.469. The molecule has 0 radical (unpaired) electrons. The van der Waals surface area contributed by atoms with E-state index in [1.165, 1.54) is 18.2 Å². The second kappa shape index (κ2) is 7.39. The number of aryl methyl sites for hydroxylation is 1. The van der Waals surface area contributed by atoms with Gasteiger partial charge in [0, 0.05) is 17.4 Å². The van der Waals surface area contributed by atoms with E-state index in [1.807, 2.05) is 6.92 Å². The first-order valence-electron chi connectivity index (χ1n) is 7.50. The summed E-state index contributed by atoms with van der Waals surface area (Å²) in [7, 11) is 0. The Balaban J connectivity index is 1.58. The molecule has 1 heterocycles. The number of carbonyl (C=O) groups excluding carboxylic acids is 1. The Morgan fingerprint density at radius 1 is 0.960 bits per heavy atom. The number of halogens is 1. The van der Waals surface area contributed by atoms with Gasteiger partial charge in [-0.25, -0.2) is 9.18 Å². The van der Waals surface area contributed by atoms with Crippen molar-refractivity contribution < 1.29 is 13.9 Å². The lowest BCUT2D eigenvalue weighted by Crippen LogP contribution is -2.19. The van der Waals surface area contributed by atoms with Crippen LogP contribution in [0.4, 0.5) is 20.6 Å². The van der Waals surface area contributed by atoms with E-state index in [0.29, 0.717) is 23.0 Å². The van der Waals surface area contributed by atoms with Gasteiger partial charge in [-0.15, -0.1) is 5.10 Å². The zero-order chi connectivity index (χ0) is 17.6. The van der Waals surface area contributed by atoms with E-state index < -0.39 is 11.8 Å². The highest BCUT2D eigenvalue weighted by atomic mass is 19.1. The summed E-state index contributed by atoms with van der Waals surface area (Å²) >= 11 is 0. The highest BCUT2D eigenvalue weighted by Gasteiger charge is 2.04. The Labute approximate surface area is 143 Å². The molecule has 2 N–H and O–H groups in total. The lowest BCUT2D eigenvalue weighted by atomic mass is 10.3. The Morgan fingerprint density at radius 2 is 1.72 bits per heavy atom. The number of aromatic nitrogens is 2. The van der Waals surface area contributed by atoms with Gasteiger partial charge in [-0.3, -0.25) is 0 Å². The molecule has 0 fully saturated rings. The van der Waals surface area contributed by atoms with Crippen molar-refractivity contribution in [1.82, 2.24) is 10.2 Å². The molecule has 3 rings (SSSR count). The van der Waals surface area contributed by atoms with Crippen LogP contribution in [0.15, 0.2) is 60.7 Å². The van der Waals surface area contributed by atoms with E-state index >= 15 is 0 Å². The average molecular weight is 338 g/mol. The number of nitrogens with one attached hydrogen (secondary N) is 2. The normalized spacial score (nSPS) is 10.2. The van der Waals surface area contributed by atoms with Gasteiger partial charge in [0.25, 0.3) is 0 Å². The SMILES string of the molecule is Cc1ccc(Oc2ccc(NC(=O)Nc3cccc(F)c3)cc2)nn1. The number of ether oxygens (including phenoxy) is 1. The number of amides is 2. The molecule has 1 aromatic heterocycles.